The first-order valence-electron chi connectivity index (χ1n) is 7.64. The summed E-state index contributed by atoms with van der Waals surface area (Å²) in [7, 11) is 0. The number of carbonyl (C=O) groups excluding carboxylic acids is 1. The Kier molecular flexibility index (Phi) is 7.33. The second kappa shape index (κ2) is 8.52. The molecule has 0 aliphatic heterocycles. The van der Waals surface area contributed by atoms with E-state index in [9.17, 15) is 4.79 Å². The van der Waals surface area contributed by atoms with Gasteiger partial charge >= 0.3 is 0 Å². The van der Waals surface area contributed by atoms with Gasteiger partial charge in [-0.1, -0.05) is 20.8 Å². The van der Waals surface area contributed by atoms with Crippen LogP contribution in [-0.4, -0.2) is 24.5 Å². The van der Waals surface area contributed by atoms with Gasteiger partial charge in [0.05, 0.1) is 0 Å². The molecule has 0 spiro atoms. The lowest BCUT2D eigenvalue weighted by molar-refractivity contribution is -0.122. The number of carbonyl (C=O) groups is 1. The van der Waals surface area contributed by atoms with Crippen LogP contribution in [0.2, 0.25) is 0 Å². The summed E-state index contributed by atoms with van der Waals surface area (Å²) in [6.45, 7) is 7.65. The summed E-state index contributed by atoms with van der Waals surface area (Å²) in [5.41, 5.74) is 0. The average Bonchev–Trinajstić information content (AvgIpc) is 2.35. The van der Waals surface area contributed by atoms with Gasteiger partial charge in [-0.05, 0) is 51.0 Å². The predicted octanol–water partition coefficient (Wildman–Crippen LogP) is 2.85. The summed E-state index contributed by atoms with van der Waals surface area (Å²) < 4.78 is 0. The summed E-state index contributed by atoms with van der Waals surface area (Å²) in [5, 5.41) is 6.76. The Hall–Kier alpha value is -0.570. The summed E-state index contributed by atoms with van der Waals surface area (Å²) in [4.78, 5) is 11.7. The van der Waals surface area contributed by atoms with E-state index in [4.69, 9.17) is 0 Å². The first kappa shape index (κ1) is 15.5. The van der Waals surface area contributed by atoms with E-state index in [-0.39, 0.29) is 5.91 Å². The van der Waals surface area contributed by atoms with Gasteiger partial charge in [0.25, 0.3) is 0 Å². The minimum absolute atomic E-state index is 0.244. The van der Waals surface area contributed by atoms with E-state index in [2.05, 4.69) is 31.4 Å². The molecule has 1 aliphatic carbocycles. The fraction of sp³-hybridized carbons (Fsp3) is 0.933. The Balaban J connectivity index is 2.13. The monoisotopic (exact) mass is 254 g/mol. The van der Waals surface area contributed by atoms with Crippen LogP contribution in [-0.2, 0) is 4.79 Å². The molecule has 0 aromatic heterocycles. The average molecular weight is 254 g/mol. The molecule has 1 fully saturated rings. The summed E-state index contributed by atoms with van der Waals surface area (Å²) in [6, 6.07) is 1.10. The van der Waals surface area contributed by atoms with Crippen LogP contribution in [0.15, 0.2) is 0 Å². The first-order valence-corrected chi connectivity index (χ1v) is 7.64. The number of amides is 1. The van der Waals surface area contributed by atoms with E-state index in [0.717, 1.165) is 25.8 Å². The minimum Gasteiger partial charge on any atom is -0.353 e. The molecular weight excluding hydrogens is 224 g/mol. The van der Waals surface area contributed by atoms with E-state index in [0.29, 0.717) is 24.4 Å². The number of hydrogen-bond donors (Lipinski definition) is 2. The zero-order valence-electron chi connectivity index (χ0n) is 12.3. The number of hydrogen-bond acceptors (Lipinski definition) is 2. The Morgan fingerprint density at radius 1 is 1.17 bits per heavy atom. The van der Waals surface area contributed by atoms with E-state index in [1.54, 1.807) is 0 Å². The van der Waals surface area contributed by atoms with Crippen molar-refractivity contribution >= 4 is 5.91 Å². The van der Waals surface area contributed by atoms with Crippen molar-refractivity contribution in [3.63, 3.8) is 0 Å². The fourth-order valence-corrected chi connectivity index (χ4v) is 2.51. The molecule has 0 unspecified atom stereocenters. The Morgan fingerprint density at radius 3 is 2.33 bits per heavy atom. The van der Waals surface area contributed by atoms with Crippen LogP contribution >= 0.6 is 0 Å². The molecule has 1 saturated carbocycles. The third kappa shape index (κ3) is 6.39. The van der Waals surface area contributed by atoms with E-state index in [1.165, 1.54) is 19.3 Å². The zero-order valence-corrected chi connectivity index (χ0v) is 12.3. The van der Waals surface area contributed by atoms with Crippen molar-refractivity contribution in [1.82, 2.24) is 10.6 Å². The second-order valence-corrected chi connectivity index (χ2v) is 6.00. The van der Waals surface area contributed by atoms with Gasteiger partial charge in [-0.2, -0.15) is 0 Å². The topological polar surface area (TPSA) is 41.1 Å². The molecule has 0 aromatic carbocycles. The van der Waals surface area contributed by atoms with E-state index in [1.807, 2.05) is 0 Å². The Morgan fingerprint density at radius 2 is 1.78 bits per heavy atom. The number of rotatable bonds is 7. The van der Waals surface area contributed by atoms with Crippen LogP contribution in [0.3, 0.4) is 0 Å². The quantitative estimate of drug-likeness (QED) is 0.733. The molecule has 3 heteroatoms. The van der Waals surface area contributed by atoms with Crippen LogP contribution < -0.4 is 10.6 Å². The lowest BCUT2D eigenvalue weighted by Crippen LogP contribution is -2.42. The molecule has 18 heavy (non-hydrogen) atoms. The van der Waals surface area contributed by atoms with Crippen molar-refractivity contribution in [3.8, 4) is 0 Å². The standard InChI is InChI=1S/C15H30N2O/c1-4-11-16-13-6-8-14(9-7-13)17-15(18)10-5-12(2)3/h12-14,16H,4-11H2,1-3H3,(H,17,18). The third-order valence-corrected chi connectivity index (χ3v) is 3.72. The van der Waals surface area contributed by atoms with Crippen LogP contribution in [0.25, 0.3) is 0 Å². The molecule has 2 N–H and O–H groups in total. The molecule has 0 atom stereocenters. The molecule has 1 aliphatic rings. The van der Waals surface area contributed by atoms with Crippen LogP contribution in [0, 0.1) is 5.92 Å². The molecule has 1 amide bonds. The maximum atomic E-state index is 11.7. The lowest BCUT2D eigenvalue weighted by Gasteiger charge is -2.29. The van der Waals surface area contributed by atoms with E-state index >= 15 is 0 Å². The molecule has 3 nitrogen and oxygen atoms in total. The highest BCUT2D eigenvalue weighted by molar-refractivity contribution is 5.76. The van der Waals surface area contributed by atoms with Gasteiger partial charge in [0, 0.05) is 18.5 Å². The van der Waals surface area contributed by atoms with Crippen molar-refractivity contribution in [2.75, 3.05) is 6.54 Å². The SMILES string of the molecule is CCCNC1CCC(NC(=O)CCC(C)C)CC1. The Bertz CT molecular complexity index is 233. The molecule has 0 bridgehead atoms. The summed E-state index contributed by atoms with van der Waals surface area (Å²) in [5.74, 6) is 0.860. The highest BCUT2D eigenvalue weighted by atomic mass is 16.1. The summed E-state index contributed by atoms with van der Waals surface area (Å²) >= 11 is 0. The molecule has 1 rings (SSSR count). The van der Waals surface area contributed by atoms with Crippen LogP contribution in [0.4, 0.5) is 0 Å². The molecule has 0 heterocycles. The minimum atomic E-state index is 0.244. The predicted molar refractivity (Wildman–Crippen MR) is 76.6 cm³/mol. The second-order valence-electron chi connectivity index (χ2n) is 6.00. The zero-order chi connectivity index (χ0) is 13.4. The summed E-state index contributed by atoms with van der Waals surface area (Å²) in [6.07, 6.45) is 7.56. The number of nitrogens with one attached hydrogen (secondary N) is 2. The van der Waals surface area contributed by atoms with Crippen molar-refractivity contribution in [3.05, 3.63) is 0 Å². The smallest absolute Gasteiger partial charge is 0.220 e. The lowest BCUT2D eigenvalue weighted by atomic mass is 9.91. The van der Waals surface area contributed by atoms with Crippen molar-refractivity contribution in [1.29, 1.82) is 0 Å². The molecule has 0 saturated heterocycles. The molecule has 0 aromatic rings. The molecule has 106 valence electrons. The van der Waals surface area contributed by atoms with Crippen molar-refractivity contribution < 1.29 is 4.79 Å². The van der Waals surface area contributed by atoms with Crippen LogP contribution in [0.5, 0.6) is 0 Å². The maximum Gasteiger partial charge on any atom is 0.220 e. The van der Waals surface area contributed by atoms with Gasteiger partial charge in [0.1, 0.15) is 0 Å². The fourth-order valence-electron chi connectivity index (χ4n) is 2.51. The molecule has 0 radical (unpaired) electrons. The Labute approximate surface area is 112 Å². The first-order chi connectivity index (χ1) is 8.61. The van der Waals surface area contributed by atoms with Crippen molar-refractivity contribution in [2.24, 2.45) is 5.92 Å². The van der Waals surface area contributed by atoms with Gasteiger partial charge in [-0.25, -0.2) is 0 Å². The van der Waals surface area contributed by atoms with Gasteiger partial charge in [0.15, 0.2) is 0 Å². The largest absolute Gasteiger partial charge is 0.353 e. The van der Waals surface area contributed by atoms with Crippen molar-refractivity contribution in [2.45, 2.75) is 77.8 Å². The normalized spacial score (nSPS) is 24.2. The van der Waals surface area contributed by atoms with Gasteiger partial charge in [-0.15, -0.1) is 0 Å². The van der Waals surface area contributed by atoms with Gasteiger partial charge in [-0.3, -0.25) is 4.79 Å². The van der Waals surface area contributed by atoms with Gasteiger partial charge in [0.2, 0.25) is 5.91 Å². The van der Waals surface area contributed by atoms with E-state index < -0.39 is 0 Å². The maximum absolute atomic E-state index is 11.7. The van der Waals surface area contributed by atoms with Crippen LogP contribution in [0.1, 0.15) is 65.7 Å². The third-order valence-electron chi connectivity index (χ3n) is 3.72. The molecular formula is C15H30N2O. The van der Waals surface area contributed by atoms with Gasteiger partial charge < -0.3 is 10.6 Å². The highest BCUT2D eigenvalue weighted by Gasteiger charge is 2.21. The highest BCUT2D eigenvalue weighted by Crippen LogP contribution is 2.19.